The van der Waals surface area contributed by atoms with E-state index < -0.39 is 0 Å². The topological polar surface area (TPSA) is 77.1 Å². The SMILES string of the molecule is CCCN(CC(=O)Nc1ccccc1OC)C(=O)CCc1ccc(OC)c(OC)c1. The molecular formula is C23H30N2O5. The molecule has 0 unspecified atom stereocenters. The average Bonchev–Trinajstić information content (AvgIpc) is 2.77. The lowest BCUT2D eigenvalue weighted by atomic mass is 10.1. The predicted octanol–water partition coefficient (Wildman–Crippen LogP) is 3.52. The molecule has 0 radical (unpaired) electrons. The Hall–Kier alpha value is -3.22. The van der Waals surface area contributed by atoms with Gasteiger partial charge < -0.3 is 24.4 Å². The third-order valence-electron chi connectivity index (χ3n) is 4.64. The zero-order valence-electron chi connectivity index (χ0n) is 18.1. The van der Waals surface area contributed by atoms with Crippen molar-refractivity contribution in [2.75, 3.05) is 39.7 Å². The number of nitrogens with one attached hydrogen (secondary N) is 1. The lowest BCUT2D eigenvalue weighted by molar-refractivity contribution is -0.134. The van der Waals surface area contributed by atoms with E-state index in [-0.39, 0.29) is 18.4 Å². The average molecular weight is 415 g/mol. The fraction of sp³-hybridized carbons (Fsp3) is 0.391. The molecule has 0 fully saturated rings. The molecule has 0 bridgehead atoms. The molecule has 0 atom stereocenters. The van der Waals surface area contributed by atoms with Gasteiger partial charge in [-0.2, -0.15) is 0 Å². The van der Waals surface area contributed by atoms with E-state index in [0.29, 0.717) is 42.3 Å². The second-order valence-corrected chi connectivity index (χ2v) is 6.75. The van der Waals surface area contributed by atoms with Crippen molar-refractivity contribution in [2.24, 2.45) is 0 Å². The van der Waals surface area contributed by atoms with Crippen LogP contribution >= 0.6 is 0 Å². The molecule has 7 nitrogen and oxygen atoms in total. The Kier molecular flexibility index (Phi) is 9.00. The Balaban J connectivity index is 1.98. The van der Waals surface area contributed by atoms with Crippen LogP contribution in [0.1, 0.15) is 25.3 Å². The van der Waals surface area contributed by atoms with Crippen molar-refractivity contribution in [3.05, 3.63) is 48.0 Å². The van der Waals surface area contributed by atoms with Crippen LogP contribution < -0.4 is 19.5 Å². The summed E-state index contributed by atoms with van der Waals surface area (Å²) in [5.41, 5.74) is 1.55. The summed E-state index contributed by atoms with van der Waals surface area (Å²) >= 11 is 0. The minimum Gasteiger partial charge on any atom is -0.495 e. The van der Waals surface area contributed by atoms with Crippen LogP contribution in [0.15, 0.2) is 42.5 Å². The minimum atomic E-state index is -0.257. The van der Waals surface area contributed by atoms with Gasteiger partial charge in [-0.05, 0) is 42.7 Å². The van der Waals surface area contributed by atoms with E-state index in [1.165, 1.54) is 0 Å². The number of methoxy groups -OCH3 is 3. The molecular weight excluding hydrogens is 384 g/mol. The van der Waals surface area contributed by atoms with Gasteiger partial charge in [0.15, 0.2) is 11.5 Å². The highest BCUT2D eigenvalue weighted by molar-refractivity contribution is 5.95. The standard InChI is InChI=1S/C23H30N2O5/c1-5-14-25(16-22(26)24-18-8-6-7-9-19(18)28-2)23(27)13-11-17-10-12-20(29-3)21(15-17)30-4/h6-10,12,15H,5,11,13-14,16H2,1-4H3,(H,24,26). The second kappa shape index (κ2) is 11.7. The van der Waals surface area contributed by atoms with E-state index in [9.17, 15) is 9.59 Å². The molecule has 30 heavy (non-hydrogen) atoms. The maximum atomic E-state index is 12.8. The highest BCUT2D eigenvalue weighted by Gasteiger charge is 2.18. The fourth-order valence-electron chi connectivity index (χ4n) is 3.12. The summed E-state index contributed by atoms with van der Waals surface area (Å²) in [6.07, 6.45) is 1.62. The molecule has 0 heterocycles. The first-order valence-corrected chi connectivity index (χ1v) is 9.93. The highest BCUT2D eigenvalue weighted by Crippen LogP contribution is 2.28. The van der Waals surface area contributed by atoms with Crippen molar-refractivity contribution < 1.29 is 23.8 Å². The number of anilines is 1. The number of amides is 2. The normalized spacial score (nSPS) is 10.3. The predicted molar refractivity (Wildman–Crippen MR) is 116 cm³/mol. The lowest BCUT2D eigenvalue weighted by Crippen LogP contribution is -2.38. The minimum absolute atomic E-state index is 0.00332. The summed E-state index contributed by atoms with van der Waals surface area (Å²) in [6.45, 7) is 2.49. The number of rotatable bonds is 11. The van der Waals surface area contributed by atoms with Crippen molar-refractivity contribution in [1.82, 2.24) is 4.90 Å². The maximum Gasteiger partial charge on any atom is 0.244 e. The van der Waals surface area contributed by atoms with Crippen LogP contribution in [0, 0.1) is 0 Å². The first-order chi connectivity index (χ1) is 14.5. The van der Waals surface area contributed by atoms with Gasteiger partial charge in [0, 0.05) is 13.0 Å². The second-order valence-electron chi connectivity index (χ2n) is 6.75. The fourth-order valence-corrected chi connectivity index (χ4v) is 3.12. The molecule has 0 aliphatic heterocycles. The molecule has 0 aromatic heterocycles. The lowest BCUT2D eigenvalue weighted by Gasteiger charge is -2.22. The third kappa shape index (κ3) is 6.40. The zero-order valence-corrected chi connectivity index (χ0v) is 18.1. The van der Waals surface area contributed by atoms with Crippen LogP contribution in [0.3, 0.4) is 0 Å². The smallest absolute Gasteiger partial charge is 0.244 e. The van der Waals surface area contributed by atoms with Gasteiger partial charge in [0.2, 0.25) is 11.8 Å². The summed E-state index contributed by atoms with van der Waals surface area (Å²) in [5, 5.41) is 2.82. The van der Waals surface area contributed by atoms with Crippen molar-refractivity contribution in [2.45, 2.75) is 26.2 Å². The number of hydrogen-bond donors (Lipinski definition) is 1. The van der Waals surface area contributed by atoms with E-state index in [2.05, 4.69) is 5.32 Å². The first-order valence-electron chi connectivity index (χ1n) is 9.93. The number of carbonyl (C=O) groups excluding carboxylic acids is 2. The number of aryl methyl sites for hydroxylation is 1. The van der Waals surface area contributed by atoms with Gasteiger partial charge in [-0.3, -0.25) is 9.59 Å². The Morgan fingerprint density at radius 2 is 1.63 bits per heavy atom. The van der Waals surface area contributed by atoms with Gasteiger partial charge in [-0.1, -0.05) is 25.1 Å². The van der Waals surface area contributed by atoms with Gasteiger partial charge in [-0.15, -0.1) is 0 Å². The molecule has 0 spiro atoms. The summed E-state index contributed by atoms with van der Waals surface area (Å²) in [6, 6.07) is 12.8. The largest absolute Gasteiger partial charge is 0.495 e. The van der Waals surface area contributed by atoms with Crippen LogP contribution in [0.25, 0.3) is 0 Å². The molecule has 2 rings (SSSR count). The van der Waals surface area contributed by atoms with E-state index >= 15 is 0 Å². The van der Waals surface area contributed by atoms with E-state index in [4.69, 9.17) is 14.2 Å². The van der Waals surface area contributed by atoms with Crippen LogP contribution in [-0.4, -0.2) is 51.1 Å². The Bertz CT molecular complexity index is 853. The quantitative estimate of drug-likeness (QED) is 0.609. The van der Waals surface area contributed by atoms with Crippen molar-refractivity contribution in [3.8, 4) is 17.2 Å². The van der Waals surface area contributed by atoms with Crippen LogP contribution in [0.5, 0.6) is 17.2 Å². The Morgan fingerprint density at radius 1 is 0.933 bits per heavy atom. The third-order valence-corrected chi connectivity index (χ3v) is 4.64. The van der Waals surface area contributed by atoms with E-state index in [1.54, 1.807) is 38.4 Å². The van der Waals surface area contributed by atoms with Crippen molar-refractivity contribution in [3.63, 3.8) is 0 Å². The molecule has 0 saturated carbocycles. The number of ether oxygens (including phenoxy) is 3. The molecule has 7 heteroatoms. The molecule has 162 valence electrons. The van der Waals surface area contributed by atoms with Gasteiger partial charge in [0.1, 0.15) is 5.75 Å². The van der Waals surface area contributed by atoms with E-state index in [1.807, 2.05) is 37.3 Å². The number of para-hydroxylation sites is 2. The molecule has 0 aliphatic rings. The van der Waals surface area contributed by atoms with E-state index in [0.717, 1.165) is 12.0 Å². The monoisotopic (exact) mass is 414 g/mol. The van der Waals surface area contributed by atoms with Gasteiger partial charge in [0.25, 0.3) is 0 Å². The molecule has 2 amide bonds. The molecule has 2 aromatic carbocycles. The van der Waals surface area contributed by atoms with Crippen LogP contribution in [0.4, 0.5) is 5.69 Å². The van der Waals surface area contributed by atoms with Crippen LogP contribution in [-0.2, 0) is 16.0 Å². The van der Waals surface area contributed by atoms with Gasteiger partial charge in [0.05, 0.1) is 33.6 Å². The zero-order chi connectivity index (χ0) is 21.9. The summed E-state index contributed by atoms with van der Waals surface area (Å²) in [5.74, 6) is 1.53. The molecule has 1 N–H and O–H groups in total. The van der Waals surface area contributed by atoms with Crippen molar-refractivity contribution in [1.29, 1.82) is 0 Å². The summed E-state index contributed by atoms with van der Waals surface area (Å²) in [7, 11) is 4.71. The summed E-state index contributed by atoms with van der Waals surface area (Å²) in [4.78, 5) is 26.9. The molecule has 0 aliphatic carbocycles. The van der Waals surface area contributed by atoms with Crippen LogP contribution in [0.2, 0.25) is 0 Å². The van der Waals surface area contributed by atoms with Gasteiger partial charge in [-0.25, -0.2) is 0 Å². The molecule has 2 aromatic rings. The molecule has 0 saturated heterocycles. The number of carbonyl (C=O) groups is 2. The number of benzene rings is 2. The van der Waals surface area contributed by atoms with Crippen molar-refractivity contribution >= 4 is 17.5 Å². The van der Waals surface area contributed by atoms with Gasteiger partial charge >= 0.3 is 0 Å². The highest BCUT2D eigenvalue weighted by atomic mass is 16.5. The maximum absolute atomic E-state index is 12.8. The Labute approximate surface area is 177 Å². The Morgan fingerprint density at radius 3 is 2.30 bits per heavy atom. The number of hydrogen-bond acceptors (Lipinski definition) is 5. The number of nitrogens with zero attached hydrogens (tertiary/aromatic N) is 1. The summed E-state index contributed by atoms with van der Waals surface area (Å²) < 4.78 is 15.8. The first kappa shape index (κ1) is 23.1.